The second-order valence-electron chi connectivity index (χ2n) is 8.67. The quantitative estimate of drug-likeness (QED) is 0.550. The van der Waals surface area contributed by atoms with Gasteiger partial charge in [0.1, 0.15) is 12.4 Å². The first kappa shape index (κ1) is 23.2. The van der Waals surface area contributed by atoms with Crippen molar-refractivity contribution < 1.29 is 29.0 Å². The van der Waals surface area contributed by atoms with Gasteiger partial charge in [-0.1, -0.05) is 11.8 Å². The summed E-state index contributed by atoms with van der Waals surface area (Å²) in [6.45, 7) is 4.63. The Morgan fingerprint density at radius 1 is 1.32 bits per heavy atom. The molecule has 1 unspecified atom stereocenters. The van der Waals surface area contributed by atoms with Crippen molar-refractivity contribution in [1.29, 1.82) is 0 Å². The summed E-state index contributed by atoms with van der Waals surface area (Å²) in [4.78, 5) is 40.3. The van der Waals surface area contributed by atoms with Gasteiger partial charge >= 0.3 is 6.09 Å². The highest BCUT2D eigenvalue weighted by atomic mass is 16.5. The Balaban J connectivity index is 1.71. The Labute approximate surface area is 196 Å². The van der Waals surface area contributed by atoms with Crippen molar-refractivity contribution >= 4 is 28.7 Å². The van der Waals surface area contributed by atoms with Gasteiger partial charge in [-0.2, -0.15) is 0 Å². The number of nitrogens with two attached hydrogens (primary N) is 1. The molecule has 0 saturated carbocycles. The predicted octanol–water partition coefficient (Wildman–Crippen LogP) is 1.74. The Morgan fingerprint density at radius 2 is 2.09 bits per heavy atom. The number of rotatable bonds is 6. The van der Waals surface area contributed by atoms with E-state index in [2.05, 4.69) is 22.1 Å². The molecule has 2 saturated heterocycles. The lowest BCUT2D eigenvalue weighted by Gasteiger charge is -2.33. The molecule has 2 aliphatic rings. The average Bonchev–Trinajstić information content (AvgIpc) is 3.15. The van der Waals surface area contributed by atoms with Crippen LogP contribution in [0.5, 0.6) is 11.6 Å². The van der Waals surface area contributed by atoms with Gasteiger partial charge in [0.2, 0.25) is 11.8 Å². The first-order chi connectivity index (χ1) is 16.2. The minimum Gasteiger partial charge on any atom is -0.490 e. The van der Waals surface area contributed by atoms with Crippen LogP contribution in [-0.4, -0.2) is 64.7 Å². The number of nitrogens with zero attached hydrogens (tertiary/aromatic N) is 2. The third-order valence-electron chi connectivity index (χ3n) is 5.65. The number of primary amides is 1. The molecule has 34 heavy (non-hydrogen) atoms. The van der Waals surface area contributed by atoms with Crippen LogP contribution in [0.4, 0.5) is 4.79 Å². The molecule has 2 aromatic rings. The highest BCUT2D eigenvalue weighted by Crippen LogP contribution is 2.33. The smallest absolute Gasteiger partial charge is 0.407 e. The first-order valence-electron chi connectivity index (χ1n) is 11.1. The van der Waals surface area contributed by atoms with E-state index < -0.39 is 12.0 Å². The molecule has 1 atom stereocenters. The maximum Gasteiger partial charge on any atom is 0.407 e. The number of pyridine rings is 1. The number of fused-ring (bicyclic) bond motifs is 1. The van der Waals surface area contributed by atoms with Crippen molar-refractivity contribution in [2.24, 2.45) is 11.7 Å². The van der Waals surface area contributed by atoms with Gasteiger partial charge in [0, 0.05) is 36.5 Å². The van der Waals surface area contributed by atoms with Crippen LogP contribution in [0.2, 0.25) is 0 Å². The number of carbonyl (C=O) groups excluding carboxylic acids is 2. The number of benzene rings is 1. The fourth-order valence-electron chi connectivity index (χ4n) is 3.89. The van der Waals surface area contributed by atoms with E-state index in [1.165, 1.54) is 4.90 Å². The van der Waals surface area contributed by atoms with Crippen molar-refractivity contribution in [1.82, 2.24) is 15.2 Å². The minimum absolute atomic E-state index is 0.00628. The van der Waals surface area contributed by atoms with Crippen LogP contribution >= 0.6 is 0 Å². The number of hydrogen-bond donors (Lipinski definition) is 3. The third kappa shape index (κ3) is 4.98. The minimum atomic E-state index is -0.964. The van der Waals surface area contributed by atoms with Gasteiger partial charge in [0.15, 0.2) is 0 Å². The van der Waals surface area contributed by atoms with E-state index in [9.17, 15) is 14.4 Å². The number of carboxylic acid groups (broad SMARTS) is 1. The summed E-state index contributed by atoms with van der Waals surface area (Å²) in [6, 6.07) is 3.19. The zero-order valence-corrected chi connectivity index (χ0v) is 19.0. The fourth-order valence-corrected chi connectivity index (χ4v) is 3.89. The van der Waals surface area contributed by atoms with E-state index in [4.69, 9.17) is 20.3 Å². The topological polar surface area (TPSA) is 144 Å². The molecule has 10 nitrogen and oxygen atoms in total. The van der Waals surface area contributed by atoms with E-state index >= 15 is 0 Å². The largest absolute Gasteiger partial charge is 0.490 e. The van der Waals surface area contributed by atoms with Crippen LogP contribution in [0.1, 0.15) is 42.6 Å². The summed E-state index contributed by atoms with van der Waals surface area (Å²) in [7, 11) is 0. The molecule has 0 radical (unpaired) electrons. The van der Waals surface area contributed by atoms with Gasteiger partial charge in [-0.15, -0.1) is 0 Å². The monoisotopic (exact) mass is 466 g/mol. The van der Waals surface area contributed by atoms with Gasteiger partial charge in [0.25, 0.3) is 5.91 Å². The molecule has 2 aliphatic heterocycles. The fraction of sp³-hybridized carbons (Fsp3) is 0.417. The summed E-state index contributed by atoms with van der Waals surface area (Å²) in [5, 5.41) is 13.1. The molecule has 0 spiro atoms. The van der Waals surface area contributed by atoms with Crippen molar-refractivity contribution in [3.63, 3.8) is 0 Å². The average molecular weight is 466 g/mol. The number of nitrogens with one attached hydrogen (secondary N) is 1. The summed E-state index contributed by atoms with van der Waals surface area (Å²) in [5.74, 6) is 6.07. The molecular formula is C24H26N4O6. The highest BCUT2D eigenvalue weighted by Gasteiger charge is 2.29. The van der Waals surface area contributed by atoms with Crippen molar-refractivity contribution in [2.45, 2.75) is 38.8 Å². The molecular weight excluding hydrogens is 440 g/mol. The van der Waals surface area contributed by atoms with Gasteiger partial charge in [-0.3, -0.25) is 9.59 Å². The van der Waals surface area contributed by atoms with Crippen LogP contribution in [-0.2, 0) is 4.79 Å². The predicted molar refractivity (Wildman–Crippen MR) is 123 cm³/mol. The van der Waals surface area contributed by atoms with E-state index in [1.54, 1.807) is 18.3 Å². The molecule has 4 N–H and O–H groups in total. The van der Waals surface area contributed by atoms with Gasteiger partial charge in [-0.05, 0) is 32.4 Å². The third-order valence-corrected chi connectivity index (χ3v) is 5.65. The standard InChI is InChI=1S/C24H26N4O6/c1-13(2)34-20-8-18-17(7-19(20)22(25)30)15(4-3-14-10-28(11-14)24(31)32)9-26-23(18)33-12-16-5-6-21(29)27-16/h7-9,13-14,16H,5-6,10-12H2,1-2H3,(H2,25,30)(H,27,29)(H,31,32). The summed E-state index contributed by atoms with van der Waals surface area (Å²) in [5.41, 5.74) is 6.39. The van der Waals surface area contributed by atoms with Crippen LogP contribution in [0, 0.1) is 17.8 Å². The Bertz CT molecular complexity index is 1210. The van der Waals surface area contributed by atoms with E-state index in [0.717, 1.165) is 0 Å². The zero-order chi connectivity index (χ0) is 24.4. The molecule has 0 bridgehead atoms. The number of amides is 3. The Kier molecular flexibility index (Phi) is 6.45. The second-order valence-corrected chi connectivity index (χ2v) is 8.67. The highest BCUT2D eigenvalue weighted by molar-refractivity contribution is 6.03. The van der Waals surface area contributed by atoms with Gasteiger partial charge < -0.3 is 30.5 Å². The van der Waals surface area contributed by atoms with E-state index in [1.807, 2.05) is 13.8 Å². The number of carbonyl (C=O) groups is 3. The molecule has 2 fully saturated rings. The van der Waals surface area contributed by atoms with Crippen molar-refractivity contribution in [3.8, 4) is 23.5 Å². The van der Waals surface area contributed by atoms with Crippen molar-refractivity contribution in [3.05, 3.63) is 29.5 Å². The molecule has 0 aliphatic carbocycles. The lowest BCUT2D eigenvalue weighted by molar-refractivity contribution is -0.119. The van der Waals surface area contributed by atoms with Gasteiger partial charge in [-0.25, -0.2) is 9.78 Å². The molecule has 1 aromatic heterocycles. The molecule has 1 aromatic carbocycles. The number of ether oxygens (including phenoxy) is 2. The summed E-state index contributed by atoms with van der Waals surface area (Å²) >= 11 is 0. The van der Waals surface area contributed by atoms with E-state index in [0.29, 0.717) is 53.9 Å². The van der Waals surface area contributed by atoms with Crippen LogP contribution in [0.3, 0.4) is 0 Å². The molecule has 3 amide bonds. The number of hydrogen-bond acceptors (Lipinski definition) is 6. The molecule has 4 rings (SSSR count). The second kappa shape index (κ2) is 9.47. The maximum absolute atomic E-state index is 12.2. The molecule has 10 heteroatoms. The van der Waals surface area contributed by atoms with Crippen molar-refractivity contribution in [2.75, 3.05) is 19.7 Å². The van der Waals surface area contributed by atoms with Crippen LogP contribution < -0.4 is 20.5 Å². The molecule has 3 heterocycles. The zero-order valence-electron chi connectivity index (χ0n) is 19.0. The van der Waals surface area contributed by atoms with Crippen LogP contribution in [0.25, 0.3) is 10.8 Å². The van der Waals surface area contributed by atoms with Gasteiger partial charge in [0.05, 0.1) is 29.2 Å². The summed E-state index contributed by atoms with van der Waals surface area (Å²) in [6.07, 6.45) is 1.54. The first-order valence-corrected chi connectivity index (χ1v) is 11.1. The van der Waals surface area contributed by atoms with E-state index in [-0.39, 0.29) is 36.1 Å². The summed E-state index contributed by atoms with van der Waals surface area (Å²) < 4.78 is 11.8. The molecule has 178 valence electrons. The Morgan fingerprint density at radius 3 is 2.71 bits per heavy atom. The maximum atomic E-state index is 12.2. The normalized spacial score (nSPS) is 17.7. The lowest BCUT2D eigenvalue weighted by Crippen LogP contribution is -2.48. The van der Waals surface area contributed by atoms with Crippen LogP contribution in [0.15, 0.2) is 18.3 Å². The number of likely N-dealkylation sites (tertiary alicyclic amines) is 1. The number of aromatic nitrogens is 1. The lowest BCUT2D eigenvalue weighted by atomic mass is 9.99. The SMILES string of the molecule is CC(C)Oc1cc2c(OCC3CCC(=O)N3)ncc(C#CC3CN(C(=O)O)C3)c2cc1C(N)=O. The Hall–Kier alpha value is -4.00.